The number of aliphatic hydroxyl groups excluding tert-OH is 1. The summed E-state index contributed by atoms with van der Waals surface area (Å²) >= 11 is 0. The van der Waals surface area contributed by atoms with E-state index in [0.29, 0.717) is 17.7 Å². The first kappa shape index (κ1) is 13.3. The molecule has 92 valence electrons. The maximum absolute atomic E-state index is 12.2. The van der Waals surface area contributed by atoms with Crippen molar-refractivity contribution >= 4 is 5.91 Å². The molecule has 1 aromatic rings. The van der Waals surface area contributed by atoms with Crippen LogP contribution in [-0.2, 0) is 0 Å². The van der Waals surface area contributed by atoms with E-state index in [-0.39, 0.29) is 24.8 Å². The van der Waals surface area contributed by atoms with Crippen molar-refractivity contribution in [2.45, 2.75) is 6.92 Å². The number of carbonyl (C=O) groups excluding carboxylic acids is 1. The van der Waals surface area contributed by atoms with Crippen LogP contribution in [0.2, 0.25) is 0 Å². The maximum Gasteiger partial charge on any atom is 0.254 e. The van der Waals surface area contributed by atoms with Crippen LogP contribution in [0.1, 0.15) is 15.9 Å². The molecule has 0 bridgehead atoms. The van der Waals surface area contributed by atoms with Gasteiger partial charge in [0.05, 0.1) is 6.61 Å². The number of carbonyl (C=O) groups is 1. The molecule has 0 spiro atoms. The molecule has 0 aliphatic carbocycles. The van der Waals surface area contributed by atoms with Crippen molar-refractivity contribution in [3.05, 3.63) is 42.0 Å². The van der Waals surface area contributed by atoms with Crippen LogP contribution in [0.5, 0.6) is 5.75 Å². The zero-order chi connectivity index (χ0) is 12.8. The Hall–Kier alpha value is -1.81. The fraction of sp³-hybridized carbons (Fsp3) is 0.308. The lowest BCUT2D eigenvalue weighted by molar-refractivity contribution is 0.0741. The summed E-state index contributed by atoms with van der Waals surface area (Å²) in [6.07, 6.45) is 1.60. The average molecular weight is 235 g/mol. The van der Waals surface area contributed by atoms with E-state index in [1.54, 1.807) is 25.1 Å². The van der Waals surface area contributed by atoms with E-state index in [2.05, 4.69) is 6.58 Å². The minimum Gasteiger partial charge on any atom is -0.508 e. The number of nitrogens with zero attached hydrogens (tertiary/aromatic N) is 1. The standard InChI is InChI=1S/C13H17NO3/c1-3-7-14(8-9-15)13(17)11-5-4-6-12(16)10(11)2/h3-6,15-16H,1,7-9H2,2H3. The fourth-order valence-corrected chi connectivity index (χ4v) is 1.58. The van der Waals surface area contributed by atoms with Crippen LogP contribution in [0.15, 0.2) is 30.9 Å². The van der Waals surface area contributed by atoms with Gasteiger partial charge in [0.15, 0.2) is 0 Å². The molecule has 4 nitrogen and oxygen atoms in total. The largest absolute Gasteiger partial charge is 0.508 e. The van der Waals surface area contributed by atoms with Crippen molar-refractivity contribution in [1.82, 2.24) is 4.90 Å². The number of amides is 1. The predicted molar refractivity (Wildman–Crippen MR) is 66.0 cm³/mol. The van der Waals surface area contributed by atoms with Crippen molar-refractivity contribution < 1.29 is 15.0 Å². The first-order valence-corrected chi connectivity index (χ1v) is 5.41. The van der Waals surface area contributed by atoms with E-state index in [9.17, 15) is 9.90 Å². The van der Waals surface area contributed by atoms with Gasteiger partial charge in [-0.2, -0.15) is 0 Å². The Morgan fingerprint density at radius 2 is 2.24 bits per heavy atom. The summed E-state index contributed by atoms with van der Waals surface area (Å²) in [7, 11) is 0. The number of aromatic hydroxyl groups is 1. The van der Waals surface area contributed by atoms with Gasteiger partial charge in [-0.1, -0.05) is 12.1 Å². The molecule has 4 heteroatoms. The number of phenols is 1. The highest BCUT2D eigenvalue weighted by molar-refractivity contribution is 5.96. The van der Waals surface area contributed by atoms with E-state index in [1.807, 2.05) is 0 Å². The third-order valence-electron chi connectivity index (χ3n) is 2.54. The Kier molecular flexibility index (Phi) is 4.72. The zero-order valence-corrected chi connectivity index (χ0v) is 9.89. The number of rotatable bonds is 5. The van der Waals surface area contributed by atoms with E-state index >= 15 is 0 Å². The molecule has 2 N–H and O–H groups in total. The molecule has 1 aromatic carbocycles. The smallest absolute Gasteiger partial charge is 0.254 e. The second kappa shape index (κ2) is 6.06. The summed E-state index contributed by atoms with van der Waals surface area (Å²) in [4.78, 5) is 13.6. The molecule has 0 fully saturated rings. The molecule has 1 rings (SSSR count). The Bertz CT molecular complexity index is 415. The number of aliphatic hydroxyl groups is 1. The number of benzene rings is 1. The van der Waals surface area contributed by atoms with Gasteiger partial charge in [-0.3, -0.25) is 4.79 Å². The second-order valence-corrected chi connectivity index (χ2v) is 3.71. The molecule has 0 heterocycles. The quantitative estimate of drug-likeness (QED) is 0.757. The van der Waals surface area contributed by atoms with Crippen LogP contribution in [0.4, 0.5) is 0 Å². The molecule has 17 heavy (non-hydrogen) atoms. The summed E-state index contributed by atoms with van der Waals surface area (Å²) in [6, 6.07) is 4.82. The lowest BCUT2D eigenvalue weighted by Gasteiger charge is -2.21. The van der Waals surface area contributed by atoms with E-state index < -0.39 is 0 Å². The van der Waals surface area contributed by atoms with E-state index in [0.717, 1.165) is 0 Å². The second-order valence-electron chi connectivity index (χ2n) is 3.71. The van der Waals surface area contributed by atoms with Crippen LogP contribution in [0.25, 0.3) is 0 Å². The van der Waals surface area contributed by atoms with Gasteiger partial charge in [0.25, 0.3) is 5.91 Å². The number of phenolic OH excluding ortho intramolecular Hbond substituents is 1. The predicted octanol–water partition coefficient (Wildman–Crippen LogP) is 1.32. The van der Waals surface area contributed by atoms with Gasteiger partial charge in [0.2, 0.25) is 0 Å². The van der Waals surface area contributed by atoms with Gasteiger partial charge in [-0.05, 0) is 19.1 Å². The summed E-state index contributed by atoms with van der Waals surface area (Å²) < 4.78 is 0. The van der Waals surface area contributed by atoms with Crippen molar-refractivity contribution in [1.29, 1.82) is 0 Å². The summed E-state index contributed by atoms with van der Waals surface area (Å²) in [5.74, 6) is -0.120. The molecule has 1 amide bonds. The Morgan fingerprint density at radius 1 is 1.53 bits per heavy atom. The Morgan fingerprint density at radius 3 is 2.82 bits per heavy atom. The molecule has 0 aliphatic rings. The summed E-state index contributed by atoms with van der Waals surface area (Å²) in [5.41, 5.74) is 0.991. The third-order valence-corrected chi connectivity index (χ3v) is 2.54. The summed E-state index contributed by atoms with van der Waals surface area (Å²) in [6.45, 7) is 5.78. The minimum absolute atomic E-state index is 0.0957. The van der Waals surface area contributed by atoms with Crippen molar-refractivity contribution in [2.75, 3.05) is 19.7 Å². The molecule has 0 aromatic heterocycles. The Balaban J connectivity index is 3.00. The molecule has 0 radical (unpaired) electrons. The molecular weight excluding hydrogens is 218 g/mol. The number of hydrogen-bond donors (Lipinski definition) is 2. The first-order valence-electron chi connectivity index (χ1n) is 5.41. The lowest BCUT2D eigenvalue weighted by Crippen LogP contribution is -2.34. The molecule has 0 saturated carbocycles. The van der Waals surface area contributed by atoms with Crippen LogP contribution in [0, 0.1) is 6.92 Å². The van der Waals surface area contributed by atoms with E-state index in [4.69, 9.17) is 5.11 Å². The summed E-state index contributed by atoms with van der Waals surface area (Å²) in [5, 5.41) is 18.5. The van der Waals surface area contributed by atoms with Crippen molar-refractivity contribution in [3.8, 4) is 5.75 Å². The molecule has 0 saturated heterocycles. The monoisotopic (exact) mass is 235 g/mol. The SMILES string of the molecule is C=CCN(CCO)C(=O)c1cccc(O)c1C. The van der Waals surface area contributed by atoms with Gasteiger partial charge in [-0.15, -0.1) is 6.58 Å². The topological polar surface area (TPSA) is 60.8 Å². The molecule has 0 aliphatic heterocycles. The van der Waals surface area contributed by atoms with Crippen LogP contribution in [-0.4, -0.2) is 40.7 Å². The third kappa shape index (κ3) is 3.07. The normalized spacial score (nSPS) is 10.0. The van der Waals surface area contributed by atoms with Gasteiger partial charge < -0.3 is 15.1 Å². The van der Waals surface area contributed by atoms with Crippen LogP contribution in [0.3, 0.4) is 0 Å². The lowest BCUT2D eigenvalue weighted by atomic mass is 10.1. The van der Waals surface area contributed by atoms with E-state index in [1.165, 1.54) is 11.0 Å². The van der Waals surface area contributed by atoms with Crippen molar-refractivity contribution in [3.63, 3.8) is 0 Å². The van der Waals surface area contributed by atoms with Gasteiger partial charge in [0.1, 0.15) is 5.75 Å². The number of hydrogen-bond acceptors (Lipinski definition) is 3. The maximum atomic E-state index is 12.2. The minimum atomic E-state index is -0.215. The fourth-order valence-electron chi connectivity index (χ4n) is 1.58. The van der Waals surface area contributed by atoms with Gasteiger partial charge in [0, 0.05) is 24.2 Å². The Labute approximate surface area is 101 Å². The highest BCUT2D eigenvalue weighted by Crippen LogP contribution is 2.20. The molecular formula is C13H17NO3. The van der Waals surface area contributed by atoms with Gasteiger partial charge >= 0.3 is 0 Å². The molecule has 0 atom stereocenters. The van der Waals surface area contributed by atoms with Crippen LogP contribution < -0.4 is 0 Å². The van der Waals surface area contributed by atoms with Crippen molar-refractivity contribution in [2.24, 2.45) is 0 Å². The highest BCUT2D eigenvalue weighted by Gasteiger charge is 2.17. The average Bonchev–Trinajstić information content (AvgIpc) is 2.31. The highest BCUT2D eigenvalue weighted by atomic mass is 16.3. The van der Waals surface area contributed by atoms with Crippen LogP contribution >= 0.6 is 0 Å². The van der Waals surface area contributed by atoms with Gasteiger partial charge in [-0.25, -0.2) is 0 Å². The first-order chi connectivity index (χ1) is 8.11. The molecule has 0 unspecified atom stereocenters. The zero-order valence-electron chi connectivity index (χ0n) is 9.89.